The molecule has 0 saturated carbocycles. The normalized spacial score (nSPS) is 10.7. The Hall–Kier alpha value is -3.07. The molecule has 1 heterocycles. The Bertz CT molecular complexity index is 991. The van der Waals surface area contributed by atoms with E-state index in [9.17, 15) is 22.4 Å². The number of hydrogen-bond acceptors (Lipinski definition) is 2. The number of carbonyl (C=O) groups excluding carboxylic acids is 1. The molecule has 0 aliphatic carbocycles. The molecule has 10 heteroatoms. The summed E-state index contributed by atoms with van der Waals surface area (Å²) in [6.45, 7) is -0.491. The molecular formula is C17H11ClF4N4O. The molecule has 0 aliphatic heterocycles. The summed E-state index contributed by atoms with van der Waals surface area (Å²) < 4.78 is 54.7. The lowest BCUT2D eigenvalue weighted by Gasteiger charge is -2.07. The van der Waals surface area contributed by atoms with Gasteiger partial charge in [0, 0.05) is 28.5 Å². The van der Waals surface area contributed by atoms with Crippen LogP contribution in [0, 0.1) is 23.3 Å². The minimum absolute atomic E-state index is 0.227. The van der Waals surface area contributed by atoms with E-state index in [1.54, 1.807) is 24.3 Å². The van der Waals surface area contributed by atoms with Crippen LogP contribution in [-0.4, -0.2) is 15.8 Å². The van der Waals surface area contributed by atoms with Crippen molar-refractivity contribution in [3.8, 4) is 0 Å². The van der Waals surface area contributed by atoms with Gasteiger partial charge in [-0.25, -0.2) is 22.4 Å². The Kier molecular flexibility index (Phi) is 5.31. The lowest BCUT2D eigenvalue weighted by Crippen LogP contribution is -2.19. The summed E-state index contributed by atoms with van der Waals surface area (Å²) in [5.74, 6) is -6.25. The van der Waals surface area contributed by atoms with Gasteiger partial charge in [0.1, 0.15) is 5.82 Å². The van der Waals surface area contributed by atoms with E-state index >= 15 is 0 Å². The standard InChI is InChI=1S/C17H11ClF4N4O/c18-9-1-3-10(4-2-9)24-17(27)25-11-6-23-26(7-11)8-12-13(19)5-14(20)16(22)15(12)21/h1-7H,8H2,(H2,24,25,27). The zero-order valence-corrected chi connectivity index (χ0v) is 14.2. The number of nitrogens with one attached hydrogen (secondary N) is 2. The van der Waals surface area contributed by atoms with Gasteiger partial charge in [-0.05, 0) is 24.3 Å². The summed E-state index contributed by atoms with van der Waals surface area (Å²) in [5.41, 5.74) is 0.0363. The number of urea groups is 1. The van der Waals surface area contributed by atoms with Crippen LogP contribution in [0.2, 0.25) is 5.02 Å². The molecule has 2 aromatic carbocycles. The average molecular weight is 399 g/mol. The molecule has 5 nitrogen and oxygen atoms in total. The SMILES string of the molecule is O=C(Nc1ccc(Cl)cc1)Nc1cnn(Cc2c(F)cc(F)c(F)c2F)c1. The lowest BCUT2D eigenvalue weighted by atomic mass is 10.2. The summed E-state index contributed by atoms with van der Waals surface area (Å²) in [4.78, 5) is 11.9. The Labute approximate surface area is 155 Å². The van der Waals surface area contributed by atoms with Crippen molar-refractivity contribution in [1.82, 2.24) is 9.78 Å². The monoisotopic (exact) mass is 398 g/mol. The highest BCUT2D eigenvalue weighted by atomic mass is 35.5. The van der Waals surface area contributed by atoms with Gasteiger partial charge in [-0.2, -0.15) is 5.10 Å². The van der Waals surface area contributed by atoms with Gasteiger partial charge < -0.3 is 10.6 Å². The fourth-order valence-electron chi connectivity index (χ4n) is 2.25. The quantitative estimate of drug-likeness (QED) is 0.377. The Morgan fingerprint density at radius 3 is 2.37 bits per heavy atom. The summed E-state index contributed by atoms with van der Waals surface area (Å²) in [5, 5.41) is 9.36. The van der Waals surface area contributed by atoms with E-state index in [4.69, 9.17) is 11.6 Å². The first-order chi connectivity index (χ1) is 12.8. The van der Waals surface area contributed by atoms with E-state index < -0.39 is 41.4 Å². The van der Waals surface area contributed by atoms with Crippen LogP contribution < -0.4 is 10.6 Å². The van der Waals surface area contributed by atoms with Gasteiger partial charge in [0.05, 0.1) is 18.4 Å². The van der Waals surface area contributed by atoms with Crippen molar-refractivity contribution < 1.29 is 22.4 Å². The van der Waals surface area contributed by atoms with Gasteiger partial charge in [0.15, 0.2) is 17.5 Å². The minimum atomic E-state index is -1.76. The molecule has 2 amide bonds. The smallest absolute Gasteiger partial charge is 0.308 e. The number of anilines is 2. The third-order valence-corrected chi connectivity index (χ3v) is 3.77. The van der Waals surface area contributed by atoms with Crippen LogP contribution in [0.3, 0.4) is 0 Å². The number of carbonyl (C=O) groups is 1. The van der Waals surface area contributed by atoms with Crippen LogP contribution in [0.1, 0.15) is 5.56 Å². The van der Waals surface area contributed by atoms with E-state index in [-0.39, 0.29) is 11.8 Å². The van der Waals surface area contributed by atoms with Gasteiger partial charge in [-0.15, -0.1) is 0 Å². The van der Waals surface area contributed by atoms with Crippen LogP contribution in [0.5, 0.6) is 0 Å². The summed E-state index contributed by atoms with van der Waals surface area (Å²) in [6.07, 6.45) is 2.51. The van der Waals surface area contributed by atoms with Crippen molar-refractivity contribution in [2.75, 3.05) is 10.6 Å². The molecule has 0 aliphatic rings. The van der Waals surface area contributed by atoms with Gasteiger partial charge in [0.2, 0.25) is 0 Å². The zero-order valence-electron chi connectivity index (χ0n) is 13.4. The second-order valence-corrected chi connectivity index (χ2v) is 5.90. The number of amides is 2. The molecular weight excluding hydrogens is 388 g/mol. The molecule has 0 radical (unpaired) electrons. The number of nitrogens with zero attached hydrogens (tertiary/aromatic N) is 2. The number of rotatable bonds is 4. The zero-order chi connectivity index (χ0) is 19.6. The maximum Gasteiger partial charge on any atom is 0.323 e. The van der Waals surface area contributed by atoms with E-state index in [0.29, 0.717) is 10.7 Å². The second-order valence-electron chi connectivity index (χ2n) is 5.46. The van der Waals surface area contributed by atoms with Crippen LogP contribution in [0.4, 0.5) is 33.7 Å². The summed E-state index contributed by atoms with van der Waals surface area (Å²) in [7, 11) is 0. The van der Waals surface area contributed by atoms with Crippen molar-refractivity contribution in [1.29, 1.82) is 0 Å². The highest BCUT2D eigenvalue weighted by Gasteiger charge is 2.19. The van der Waals surface area contributed by atoms with Crippen molar-refractivity contribution in [2.45, 2.75) is 6.54 Å². The molecule has 2 N–H and O–H groups in total. The predicted molar refractivity (Wildman–Crippen MR) is 91.7 cm³/mol. The molecule has 3 aromatic rings. The maximum atomic E-state index is 13.7. The van der Waals surface area contributed by atoms with Gasteiger partial charge in [-0.3, -0.25) is 4.68 Å². The Morgan fingerprint density at radius 1 is 1.00 bits per heavy atom. The van der Waals surface area contributed by atoms with Gasteiger partial charge in [-0.1, -0.05) is 11.6 Å². The number of benzene rings is 2. The molecule has 3 rings (SSSR count). The third-order valence-electron chi connectivity index (χ3n) is 3.52. The van der Waals surface area contributed by atoms with Crippen LogP contribution in [-0.2, 0) is 6.54 Å². The molecule has 0 spiro atoms. The van der Waals surface area contributed by atoms with Gasteiger partial charge >= 0.3 is 6.03 Å². The average Bonchev–Trinajstić information content (AvgIpc) is 3.06. The molecule has 0 fully saturated rings. The van der Waals surface area contributed by atoms with E-state index in [1.807, 2.05) is 0 Å². The van der Waals surface area contributed by atoms with Crippen LogP contribution >= 0.6 is 11.6 Å². The Balaban J connectivity index is 1.68. The molecule has 0 unspecified atom stereocenters. The first-order valence-electron chi connectivity index (χ1n) is 7.51. The summed E-state index contributed by atoms with van der Waals surface area (Å²) in [6, 6.07) is 6.07. The second kappa shape index (κ2) is 7.67. The molecule has 1 aromatic heterocycles. The highest BCUT2D eigenvalue weighted by Crippen LogP contribution is 2.20. The van der Waals surface area contributed by atoms with Crippen molar-refractivity contribution in [2.24, 2.45) is 0 Å². The predicted octanol–water partition coefficient (Wildman–Crippen LogP) is 4.79. The van der Waals surface area contributed by atoms with Crippen molar-refractivity contribution in [3.63, 3.8) is 0 Å². The summed E-state index contributed by atoms with van der Waals surface area (Å²) >= 11 is 5.75. The third kappa shape index (κ3) is 4.37. The largest absolute Gasteiger partial charge is 0.323 e. The van der Waals surface area contributed by atoms with Crippen molar-refractivity contribution >= 4 is 29.0 Å². The number of hydrogen-bond donors (Lipinski definition) is 2. The van der Waals surface area contributed by atoms with E-state index in [1.165, 1.54) is 12.4 Å². The van der Waals surface area contributed by atoms with E-state index in [2.05, 4.69) is 15.7 Å². The topological polar surface area (TPSA) is 59.0 Å². The first kappa shape index (κ1) is 18.7. The lowest BCUT2D eigenvalue weighted by molar-refractivity contribution is 0.262. The molecule has 0 saturated heterocycles. The fourth-order valence-corrected chi connectivity index (χ4v) is 2.38. The Morgan fingerprint density at radius 2 is 1.67 bits per heavy atom. The molecule has 27 heavy (non-hydrogen) atoms. The number of aromatic nitrogens is 2. The van der Waals surface area contributed by atoms with Crippen LogP contribution in [0.25, 0.3) is 0 Å². The first-order valence-corrected chi connectivity index (χ1v) is 7.89. The van der Waals surface area contributed by atoms with E-state index in [0.717, 1.165) is 4.68 Å². The molecule has 0 bridgehead atoms. The highest BCUT2D eigenvalue weighted by molar-refractivity contribution is 6.30. The number of halogens is 5. The molecule has 0 atom stereocenters. The molecule has 140 valence electrons. The minimum Gasteiger partial charge on any atom is -0.308 e. The van der Waals surface area contributed by atoms with Crippen molar-refractivity contribution in [3.05, 3.63) is 76.6 Å². The maximum absolute atomic E-state index is 13.7. The fraction of sp³-hybridized carbons (Fsp3) is 0.0588. The van der Waals surface area contributed by atoms with Crippen LogP contribution in [0.15, 0.2) is 42.7 Å². The van der Waals surface area contributed by atoms with Gasteiger partial charge in [0.25, 0.3) is 0 Å².